The first-order valence-electron chi connectivity index (χ1n) is 9.31. The van der Waals surface area contributed by atoms with E-state index in [1.165, 1.54) is 5.56 Å². The van der Waals surface area contributed by atoms with Gasteiger partial charge in [-0.05, 0) is 42.5 Å². The Morgan fingerprint density at radius 3 is 2.18 bits per heavy atom. The monoisotopic (exact) mass is 382 g/mol. The molecular weight excluding hydrogens is 356 g/mol. The summed E-state index contributed by atoms with van der Waals surface area (Å²) in [6.07, 6.45) is 1.37. The molecule has 0 aliphatic carbocycles. The van der Waals surface area contributed by atoms with Crippen LogP contribution in [-0.4, -0.2) is 29.4 Å². The zero-order valence-corrected chi connectivity index (χ0v) is 16.2. The normalized spacial score (nSPS) is 11.5. The van der Waals surface area contributed by atoms with Gasteiger partial charge in [-0.3, -0.25) is 14.4 Å². The zero-order valence-electron chi connectivity index (χ0n) is 16.2. The van der Waals surface area contributed by atoms with Crippen molar-refractivity contribution in [2.24, 2.45) is 0 Å². The number of aliphatic carboxylic acids is 1. The molecular formula is C22H26N2O4. The van der Waals surface area contributed by atoms with Gasteiger partial charge >= 0.3 is 5.97 Å². The van der Waals surface area contributed by atoms with Crippen LogP contribution in [0.1, 0.15) is 42.4 Å². The first kappa shape index (κ1) is 21.2. The predicted octanol–water partition coefficient (Wildman–Crippen LogP) is 3.26. The maximum Gasteiger partial charge on any atom is 0.322 e. The summed E-state index contributed by atoms with van der Waals surface area (Å²) in [7, 11) is 0. The number of hydrogen-bond acceptors (Lipinski definition) is 3. The van der Waals surface area contributed by atoms with Gasteiger partial charge in [0.05, 0.1) is 6.42 Å². The van der Waals surface area contributed by atoms with Crippen molar-refractivity contribution >= 4 is 23.5 Å². The van der Waals surface area contributed by atoms with Crippen LogP contribution in [0.2, 0.25) is 0 Å². The molecule has 0 aliphatic heterocycles. The van der Waals surface area contributed by atoms with Crippen molar-refractivity contribution in [1.82, 2.24) is 5.32 Å². The van der Waals surface area contributed by atoms with Crippen molar-refractivity contribution in [2.45, 2.75) is 39.0 Å². The third-order valence-corrected chi connectivity index (χ3v) is 4.51. The lowest BCUT2D eigenvalue weighted by Gasteiger charge is -2.15. The van der Waals surface area contributed by atoms with Crippen LogP contribution in [0.15, 0.2) is 48.5 Å². The zero-order chi connectivity index (χ0) is 20.5. The molecule has 1 unspecified atom stereocenters. The van der Waals surface area contributed by atoms with Gasteiger partial charge < -0.3 is 15.7 Å². The number of carbonyl (C=O) groups excluding carboxylic acids is 2. The SMILES string of the molecule is CCC(CC(=O)Nc1ccc(CC(=O)NCC(=O)O)cc1)c1ccc(C)cc1. The Morgan fingerprint density at radius 1 is 0.964 bits per heavy atom. The molecule has 2 aromatic carbocycles. The second-order valence-electron chi connectivity index (χ2n) is 6.81. The Kier molecular flexibility index (Phi) is 7.75. The number of carbonyl (C=O) groups is 3. The van der Waals surface area contributed by atoms with E-state index in [0.717, 1.165) is 17.5 Å². The van der Waals surface area contributed by atoms with Crippen molar-refractivity contribution in [3.63, 3.8) is 0 Å². The molecule has 0 saturated carbocycles. The van der Waals surface area contributed by atoms with E-state index in [4.69, 9.17) is 5.11 Å². The first-order valence-corrected chi connectivity index (χ1v) is 9.31. The van der Waals surface area contributed by atoms with E-state index in [0.29, 0.717) is 12.1 Å². The Hall–Kier alpha value is -3.15. The number of rotatable bonds is 9. The van der Waals surface area contributed by atoms with Crippen LogP contribution in [0.25, 0.3) is 0 Å². The lowest BCUT2D eigenvalue weighted by molar-refractivity contribution is -0.137. The average Bonchev–Trinajstić information content (AvgIpc) is 2.67. The van der Waals surface area contributed by atoms with E-state index in [1.54, 1.807) is 24.3 Å². The topological polar surface area (TPSA) is 95.5 Å². The van der Waals surface area contributed by atoms with Crippen molar-refractivity contribution in [2.75, 3.05) is 11.9 Å². The number of hydrogen-bond donors (Lipinski definition) is 3. The van der Waals surface area contributed by atoms with E-state index in [9.17, 15) is 14.4 Å². The molecule has 0 spiro atoms. The third kappa shape index (κ3) is 6.87. The smallest absolute Gasteiger partial charge is 0.322 e. The number of nitrogens with one attached hydrogen (secondary N) is 2. The molecule has 2 amide bonds. The second kappa shape index (κ2) is 10.3. The number of anilines is 1. The summed E-state index contributed by atoms with van der Waals surface area (Å²) >= 11 is 0. The summed E-state index contributed by atoms with van der Waals surface area (Å²) in [5.41, 5.74) is 3.76. The largest absolute Gasteiger partial charge is 0.480 e. The van der Waals surface area contributed by atoms with Crippen LogP contribution in [0, 0.1) is 6.92 Å². The van der Waals surface area contributed by atoms with Crippen molar-refractivity contribution in [3.8, 4) is 0 Å². The quantitative estimate of drug-likeness (QED) is 0.620. The first-order chi connectivity index (χ1) is 13.4. The lowest BCUT2D eigenvalue weighted by atomic mass is 9.92. The summed E-state index contributed by atoms with van der Waals surface area (Å²) in [5.74, 6) is -1.33. The van der Waals surface area contributed by atoms with Gasteiger partial charge in [-0.25, -0.2) is 0 Å². The molecule has 0 saturated heterocycles. The van der Waals surface area contributed by atoms with Crippen LogP contribution in [0.5, 0.6) is 0 Å². The number of amides is 2. The van der Waals surface area contributed by atoms with E-state index in [1.807, 2.05) is 6.92 Å². The highest BCUT2D eigenvalue weighted by Crippen LogP contribution is 2.24. The van der Waals surface area contributed by atoms with Gasteiger partial charge in [0.2, 0.25) is 11.8 Å². The highest BCUT2D eigenvalue weighted by molar-refractivity contribution is 5.91. The predicted molar refractivity (Wildman–Crippen MR) is 108 cm³/mol. The molecule has 28 heavy (non-hydrogen) atoms. The van der Waals surface area contributed by atoms with Crippen molar-refractivity contribution in [1.29, 1.82) is 0 Å². The van der Waals surface area contributed by atoms with E-state index >= 15 is 0 Å². The second-order valence-corrected chi connectivity index (χ2v) is 6.81. The standard InChI is InChI=1S/C22H26N2O4/c1-3-17(18-8-4-15(2)5-9-18)13-21(26)24-19-10-6-16(7-11-19)12-20(25)23-14-22(27)28/h4-11,17H,3,12-14H2,1-2H3,(H,23,25)(H,24,26)(H,27,28). The minimum Gasteiger partial charge on any atom is -0.480 e. The fourth-order valence-electron chi connectivity index (χ4n) is 2.90. The maximum atomic E-state index is 12.4. The highest BCUT2D eigenvalue weighted by Gasteiger charge is 2.14. The van der Waals surface area contributed by atoms with Gasteiger partial charge in [0.15, 0.2) is 0 Å². The Balaban J connectivity index is 1.88. The fraction of sp³-hybridized carbons (Fsp3) is 0.318. The summed E-state index contributed by atoms with van der Waals surface area (Å²) in [6.45, 7) is 3.71. The molecule has 1 atom stereocenters. The average molecular weight is 382 g/mol. The van der Waals surface area contributed by atoms with E-state index in [2.05, 4.69) is 41.8 Å². The Labute approximate surface area is 165 Å². The molecule has 2 rings (SSSR count). The summed E-state index contributed by atoms with van der Waals surface area (Å²) in [4.78, 5) is 34.5. The number of carboxylic acid groups (broad SMARTS) is 1. The van der Waals surface area contributed by atoms with Gasteiger partial charge in [-0.15, -0.1) is 0 Å². The van der Waals surface area contributed by atoms with Crippen LogP contribution >= 0.6 is 0 Å². The van der Waals surface area contributed by atoms with Crippen LogP contribution in [0.4, 0.5) is 5.69 Å². The molecule has 6 heteroatoms. The number of carboxylic acids is 1. The van der Waals surface area contributed by atoms with Gasteiger partial charge in [0.25, 0.3) is 0 Å². The van der Waals surface area contributed by atoms with E-state index in [-0.39, 0.29) is 24.2 Å². The third-order valence-electron chi connectivity index (χ3n) is 4.51. The molecule has 6 nitrogen and oxygen atoms in total. The summed E-state index contributed by atoms with van der Waals surface area (Å²) < 4.78 is 0. The minimum atomic E-state index is -1.08. The molecule has 0 radical (unpaired) electrons. The molecule has 0 aliphatic rings. The van der Waals surface area contributed by atoms with E-state index < -0.39 is 12.5 Å². The van der Waals surface area contributed by atoms with Crippen molar-refractivity contribution < 1.29 is 19.5 Å². The van der Waals surface area contributed by atoms with Gasteiger partial charge in [0.1, 0.15) is 6.54 Å². The Bertz CT molecular complexity index is 813. The lowest BCUT2D eigenvalue weighted by Crippen LogP contribution is -2.30. The van der Waals surface area contributed by atoms with Crippen LogP contribution < -0.4 is 10.6 Å². The molecule has 0 bridgehead atoms. The molecule has 2 aromatic rings. The molecule has 148 valence electrons. The molecule has 0 heterocycles. The minimum absolute atomic E-state index is 0.0561. The van der Waals surface area contributed by atoms with Gasteiger partial charge in [0, 0.05) is 12.1 Å². The van der Waals surface area contributed by atoms with Crippen LogP contribution in [0.3, 0.4) is 0 Å². The van der Waals surface area contributed by atoms with Crippen LogP contribution in [-0.2, 0) is 20.8 Å². The molecule has 3 N–H and O–H groups in total. The summed E-state index contributed by atoms with van der Waals surface area (Å²) in [5, 5.41) is 13.8. The highest BCUT2D eigenvalue weighted by atomic mass is 16.4. The molecule has 0 aromatic heterocycles. The maximum absolute atomic E-state index is 12.4. The van der Waals surface area contributed by atoms with Gasteiger partial charge in [-0.1, -0.05) is 48.9 Å². The van der Waals surface area contributed by atoms with Crippen molar-refractivity contribution in [3.05, 3.63) is 65.2 Å². The van der Waals surface area contributed by atoms with Gasteiger partial charge in [-0.2, -0.15) is 0 Å². The number of aryl methyl sites for hydroxylation is 1. The fourth-order valence-corrected chi connectivity index (χ4v) is 2.90. The summed E-state index contributed by atoms with van der Waals surface area (Å²) in [6, 6.07) is 15.2. The Morgan fingerprint density at radius 2 is 1.61 bits per heavy atom. The molecule has 0 fully saturated rings. The number of benzene rings is 2.